The van der Waals surface area contributed by atoms with Crippen LogP contribution in [0, 0.1) is 88.8 Å². The summed E-state index contributed by atoms with van der Waals surface area (Å²) in [5.41, 5.74) is 0. The third kappa shape index (κ3) is 122. The monoisotopic (exact) mass is 1090 g/mol. The van der Waals surface area contributed by atoms with Crippen molar-refractivity contribution in [1.29, 1.82) is 0 Å². The van der Waals surface area contributed by atoms with Crippen LogP contribution in [-0.2, 0) is 19.0 Å². The fourth-order valence-corrected chi connectivity index (χ4v) is 5.49. The Hall–Kier alpha value is -0.700. The Labute approximate surface area is 474 Å². The Morgan fingerprint density at radius 2 is 0.893 bits per heavy atom. The minimum absolute atomic E-state index is 0.213. The zero-order valence-corrected chi connectivity index (χ0v) is 57.3. The number of rotatable bonds is 19. The third-order valence-corrected chi connectivity index (χ3v) is 11.6. The highest BCUT2D eigenvalue weighted by Gasteiger charge is 2.28. The Morgan fingerprint density at radius 1 is 0.533 bits per heavy atom. The van der Waals surface area contributed by atoms with E-state index in [2.05, 4.69) is 178 Å². The molecule has 0 aromatic rings. The van der Waals surface area contributed by atoms with Gasteiger partial charge in [0.1, 0.15) is 5.78 Å². The van der Waals surface area contributed by atoms with E-state index >= 15 is 0 Å². The van der Waals surface area contributed by atoms with Crippen molar-refractivity contribution in [3.63, 3.8) is 0 Å². The number of ketones is 1. The molecule has 3 rings (SSSR count). The molecule has 0 amide bonds. The van der Waals surface area contributed by atoms with E-state index in [0.717, 1.165) is 110 Å². The minimum Gasteiger partial charge on any atom is -0.385 e. The van der Waals surface area contributed by atoms with Crippen LogP contribution >= 0.6 is 0 Å². The van der Waals surface area contributed by atoms with Gasteiger partial charge in [0.15, 0.2) is 0 Å². The maximum atomic E-state index is 11.3. The molecule has 0 bridgehead atoms. The molecule has 0 aromatic heterocycles. The van der Waals surface area contributed by atoms with Crippen molar-refractivity contribution < 1.29 is 32.2 Å². The van der Waals surface area contributed by atoms with Crippen LogP contribution in [0.3, 0.4) is 0 Å². The number of Topliss-reactive ketones (excluding diaryl/α,β-unsaturated/α-hetero) is 1. The molecule has 2 heterocycles. The van der Waals surface area contributed by atoms with Gasteiger partial charge in [-0.25, -0.2) is 0 Å². The summed E-state index contributed by atoms with van der Waals surface area (Å²) in [7, 11) is 5.97. The zero-order chi connectivity index (χ0) is 60.9. The van der Waals surface area contributed by atoms with Crippen LogP contribution in [0.2, 0.25) is 0 Å². The number of unbranched alkanes of at least 4 members (excludes halogenated alkanes) is 1. The fourth-order valence-electron chi connectivity index (χ4n) is 5.49. The summed E-state index contributed by atoms with van der Waals surface area (Å²) in [5, 5.41) is 0. The summed E-state index contributed by atoms with van der Waals surface area (Å²) in [5.74, 6) is 11.6. The van der Waals surface area contributed by atoms with Crippen molar-refractivity contribution in [3.05, 3.63) is 0 Å². The largest absolute Gasteiger partial charge is 0.389 e. The van der Waals surface area contributed by atoms with Gasteiger partial charge >= 0.3 is 6.18 Å². The van der Waals surface area contributed by atoms with E-state index in [9.17, 15) is 18.0 Å². The molecule has 0 radical (unpaired) electrons. The van der Waals surface area contributed by atoms with Crippen LogP contribution in [0.1, 0.15) is 277 Å². The minimum atomic E-state index is -3.98. The average Bonchev–Trinajstić information content (AvgIpc) is 3.90. The average molecular weight is 1090 g/mol. The van der Waals surface area contributed by atoms with Gasteiger partial charge in [0, 0.05) is 45.2 Å². The van der Waals surface area contributed by atoms with E-state index in [1.807, 2.05) is 13.8 Å². The highest BCUT2D eigenvalue weighted by Crippen LogP contribution is 2.34. The van der Waals surface area contributed by atoms with E-state index in [4.69, 9.17) is 14.2 Å². The Bertz CT molecular complexity index is 1010. The summed E-state index contributed by atoms with van der Waals surface area (Å²) in [4.78, 5) is 12.4. The van der Waals surface area contributed by atoms with Gasteiger partial charge in [0.05, 0.1) is 13.2 Å². The third-order valence-electron chi connectivity index (χ3n) is 11.6. The molecule has 0 aromatic carbocycles. The maximum Gasteiger partial charge on any atom is 0.389 e. The quantitative estimate of drug-likeness (QED) is 0.129. The van der Waals surface area contributed by atoms with Gasteiger partial charge < -0.3 is 19.1 Å². The SMILES string of the molecule is CC(=O)C(C)C.CC(C)C.CC(C)C(C)C.CC(C)CC(F)(F)F.CC(C)CC1CC1.CC(C)CC1CCOC1.CC(C)CC1COC1.CC(C)CCN(C)C.CCC(C)C.CCCCC(C)C.COCCC(C)C. The van der Waals surface area contributed by atoms with E-state index in [1.54, 1.807) is 27.9 Å². The first kappa shape index (κ1) is 90.8. The fraction of sp³-hybridized carbons (Fsp3) is 0.985. The molecule has 1 unspecified atom stereocenters. The Morgan fingerprint density at radius 3 is 1.01 bits per heavy atom. The van der Waals surface area contributed by atoms with Crippen molar-refractivity contribution in [3.8, 4) is 0 Å². The molecule has 2 aliphatic heterocycles. The van der Waals surface area contributed by atoms with E-state index < -0.39 is 12.6 Å². The molecule has 5 nitrogen and oxygen atoms in total. The van der Waals surface area contributed by atoms with Crippen LogP contribution in [0.15, 0.2) is 0 Å². The number of halogens is 3. The second-order valence-electron chi connectivity index (χ2n) is 27.2. The predicted molar refractivity (Wildman–Crippen MR) is 334 cm³/mol. The predicted octanol–water partition coefficient (Wildman–Crippen LogP) is 22.1. The number of nitrogens with zero attached hydrogens (tertiary/aromatic N) is 1. The maximum absolute atomic E-state index is 11.3. The van der Waals surface area contributed by atoms with Crippen LogP contribution in [0.4, 0.5) is 13.2 Å². The van der Waals surface area contributed by atoms with Crippen molar-refractivity contribution in [2.45, 2.75) is 284 Å². The number of carbonyl (C=O) groups excluding carboxylic acids is 1. The molecule has 1 saturated carbocycles. The van der Waals surface area contributed by atoms with Crippen molar-refractivity contribution >= 4 is 5.78 Å². The molecule has 1 atom stereocenters. The molecule has 0 N–H and O–H groups in total. The Balaban J connectivity index is -0.000000110. The lowest BCUT2D eigenvalue weighted by Crippen LogP contribution is -2.28. The second-order valence-corrected chi connectivity index (χ2v) is 27.2. The Kier molecular flexibility index (Phi) is 75.7. The van der Waals surface area contributed by atoms with Gasteiger partial charge in [-0.3, -0.25) is 4.79 Å². The molecule has 0 spiro atoms. The summed E-state index contributed by atoms with van der Waals surface area (Å²) in [6, 6.07) is 0. The number of carbonyl (C=O) groups is 1. The highest BCUT2D eigenvalue weighted by molar-refractivity contribution is 5.77. The normalized spacial score (nSPS) is 14.8. The molecule has 2 saturated heterocycles. The lowest BCUT2D eigenvalue weighted by Gasteiger charge is -2.27. The molecule has 3 aliphatic rings. The van der Waals surface area contributed by atoms with Gasteiger partial charge in [0.25, 0.3) is 0 Å². The second kappa shape index (κ2) is 62.5. The molecular weight excluding hydrogens is 940 g/mol. The van der Waals surface area contributed by atoms with Crippen LogP contribution in [-0.4, -0.2) is 77.6 Å². The lowest BCUT2D eigenvalue weighted by atomic mass is 9.96. The van der Waals surface area contributed by atoms with Crippen LogP contribution in [0.5, 0.6) is 0 Å². The standard InChI is InChI=1S/C8H16O.C7H17N.C7H14O.C7H14.C7H16.C6H14O.C6H14.C5H9F3.C5H10O.C5H12.C4H10/c1-7(2)5-8-3-4-9-6-8;1-7(2)5-6-8(3)4;1-6(2)3-7-4-8-5-7;1-6(2)5-7-3-4-7;1-4-5-6-7(2)3;1-6(2)4-5-7-3;1-5(2)6(3)4;1-4(2)3-5(6,7)8;1-4(2)5(3)6;1-4-5(2)3;1-4(2)3/h7-8H,3-6H2,1-2H3;7H,5-6H2,1-4H3;6-7H,3-5H2,1-2H3;6-7H,3-5H2,1-2H3;7H,4-6H2,1-3H3;6H,4-5H2,1-3H3;5-6H,1-4H3;4H,3H2,1-2H3;4H,1-3H3;5H,4H2,1-3H3;4H,1-3H3. The summed E-state index contributed by atoms with van der Waals surface area (Å²) in [6.07, 6.45) is 11.8. The summed E-state index contributed by atoms with van der Waals surface area (Å²) in [6.45, 7) is 66.1. The van der Waals surface area contributed by atoms with E-state index in [-0.39, 0.29) is 17.6 Å². The van der Waals surface area contributed by atoms with Gasteiger partial charge in [-0.15, -0.1) is 0 Å². The molecule has 8 heteroatoms. The van der Waals surface area contributed by atoms with Crippen LogP contribution in [0.25, 0.3) is 0 Å². The molecule has 464 valence electrons. The van der Waals surface area contributed by atoms with E-state index in [0.29, 0.717) is 0 Å². The van der Waals surface area contributed by atoms with Gasteiger partial charge in [-0.05, 0) is 143 Å². The zero-order valence-electron chi connectivity index (χ0n) is 57.3. The van der Waals surface area contributed by atoms with E-state index in [1.165, 1.54) is 83.6 Å². The number of methoxy groups -OCH3 is 1. The summed E-state index contributed by atoms with van der Waals surface area (Å²) < 4.78 is 49.1. The van der Waals surface area contributed by atoms with Crippen molar-refractivity contribution in [2.75, 3.05) is 60.8 Å². The highest BCUT2D eigenvalue weighted by atomic mass is 19.4. The smallest absolute Gasteiger partial charge is 0.385 e. The van der Waals surface area contributed by atoms with Crippen LogP contribution < -0.4 is 0 Å². The van der Waals surface area contributed by atoms with Gasteiger partial charge in [-0.1, -0.05) is 225 Å². The molecule has 3 fully saturated rings. The van der Waals surface area contributed by atoms with Crippen molar-refractivity contribution in [2.24, 2.45) is 88.8 Å². The van der Waals surface area contributed by atoms with Gasteiger partial charge in [0.2, 0.25) is 0 Å². The summed E-state index contributed by atoms with van der Waals surface area (Å²) >= 11 is 0. The number of hydrogen-bond acceptors (Lipinski definition) is 5. The molecular formula is C67H146F3NO4. The first-order chi connectivity index (χ1) is 34.2. The number of hydrogen-bond donors (Lipinski definition) is 0. The first-order valence-corrected chi connectivity index (χ1v) is 31.1. The van der Waals surface area contributed by atoms with Crippen molar-refractivity contribution in [1.82, 2.24) is 4.90 Å². The first-order valence-electron chi connectivity index (χ1n) is 31.1. The topological polar surface area (TPSA) is 48.0 Å². The number of ether oxygens (including phenoxy) is 3. The molecule has 75 heavy (non-hydrogen) atoms. The van der Waals surface area contributed by atoms with Gasteiger partial charge in [-0.2, -0.15) is 13.2 Å². The number of alkyl halides is 3. The lowest BCUT2D eigenvalue weighted by molar-refractivity contribution is -0.141. The molecule has 1 aliphatic carbocycles.